The van der Waals surface area contributed by atoms with E-state index >= 15 is 0 Å². The average molecular weight is 340 g/mol. The molecule has 5 rings (SSSR count). The van der Waals surface area contributed by atoms with Crippen LogP contribution < -0.4 is 5.32 Å². The molecule has 1 N–H and O–H groups in total. The molecule has 0 aromatic heterocycles. The molecule has 3 heteroatoms. The summed E-state index contributed by atoms with van der Waals surface area (Å²) in [6.07, 6.45) is 10.3. The second kappa shape index (κ2) is 4.47. The number of hydrogen-bond acceptors (Lipinski definition) is 1. The molecule has 4 bridgehead atoms. The van der Waals surface area contributed by atoms with Crippen molar-refractivity contribution in [2.75, 3.05) is 6.54 Å². The third kappa shape index (κ3) is 2.24. The van der Waals surface area contributed by atoms with Crippen LogP contribution in [0.15, 0.2) is 0 Å². The molecule has 0 aromatic carbocycles. The Hall–Kier alpha value is -0.0500. The van der Waals surface area contributed by atoms with Crippen LogP contribution in [0.1, 0.15) is 58.3 Å². The Morgan fingerprint density at radius 2 is 1.90 bits per heavy atom. The topological polar surface area (TPSA) is 29.1 Å². The Morgan fingerprint density at radius 3 is 2.45 bits per heavy atom. The highest BCUT2D eigenvalue weighted by molar-refractivity contribution is 9.09. The molecule has 3 atom stereocenters. The molecule has 3 unspecified atom stereocenters. The van der Waals surface area contributed by atoms with E-state index in [9.17, 15) is 4.79 Å². The molecule has 0 aromatic rings. The summed E-state index contributed by atoms with van der Waals surface area (Å²) in [6, 6.07) is 0. The van der Waals surface area contributed by atoms with Crippen molar-refractivity contribution in [1.82, 2.24) is 5.32 Å². The van der Waals surface area contributed by atoms with Gasteiger partial charge in [0.2, 0.25) is 5.91 Å². The molecule has 112 valence electrons. The Bertz CT molecular complexity index is 417. The summed E-state index contributed by atoms with van der Waals surface area (Å²) in [4.78, 5) is 13.4. The average Bonchev–Trinajstić information content (AvgIpc) is 3.16. The zero-order chi connectivity index (χ0) is 14.0. The Labute approximate surface area is 130 Å². The number of halogens is 1. The molecule has 5 saturated carbocycles. The minimum Gasteiger partial charge on any atom is -0.354 e. The van der Waals surface area contributed by atoms with E-state index in [2.05, 4.69) is 28.2 Å². The maximum atomic E-state index is 12.9. The SMILES string of the molecule is CC12CC3CC(C1)CC(C(=O)NCC(Br)C1CC1)(C3)C2. The van der Waals surface area contributed by atoms with Gasteiger partial charge in [-0.1, -0.05) is 22.9 Å². The smallest absolute Gasteiger partial charge is 0.226 e. The zero-order valence-electron chi connectivity index (χ0n) is 12.5. The highest BCUT2D eigenvalue weighted by Crippen LogP contribution is 2.65. The summed E-state index contributed by atoms with van der Waals surface area (Å²) in [5.74, 6) is 2.84. The quantitative estimate of drug-likeness (QED) is 0.773. The van der Waals surface area contributed by atoms with E-state index in [4.69, 9.17) is 0 Å². The fourth-order valence-corrected chi connectivity index (χ4v) is 6.68. The van der Waals surface area contributed by atoms with Crippen LogP contribution in [0.5, 0.6) is 0 Å². The summed E-state index contributed by atoms with van der Waals surface area (Å²) in [7, 11) is 0. The van der Waals surface area contributed by atoms with Gasteiger partial charge in [-0.15, -0.1) is 0 Å². The molecule has 0 saturated heterocycles. The predicted octanol–water partition coefficient (Wildman–Crippen LogP) is 3.88. The van der Waals surface area contributed by atoms with Gasteiger partial charge in [0, 0.05) is 11.4 Å². The second-order valence-corrected chi connectivity index (χ2v) is 9.79. The van der Waals surface area contributed by atoms with Crippen LogP contribution in [0.25, 0.3) is 0 Å². The van der Waals surface area contributed by atoms with Crippen molar-refractivity contribution >= 4 is 21.8 Å². The van der Waals surface area contributed by atoms with Crippen molar-refractivity contribution in [3.8, 4) is 0 Å². The minimum atomic E-state index is -0.00486. The molecule has 5 fully saturated rings. The first-order valence-electron chi connectivity index (χ1n) is 8.40. The molecule has 2 nitrogen and oxygen atoms in total. The fraction of sp³-hybridized carbons (Fsp3) is 0.941. The Kier molecular flexibility index (Phi) is 3.04. The van der Waals surface area contributed by atoms with Gasteiger partial charge < -0.3 is 5.32 Å². The number of carbonyl (C=O) groups excluding carboxylic acids is 1. The second-order valence-electron chi connectivity index (χ2n) is 8.62. The van der Waals surface area contributed by atoms with E-state index < -0.39 is 0 Å². The monoisotopic (exact) mass is 339 g/mol. The van der Waals surface area contributed by atoms with Gasteiger partial charge in [-0.3, -0.25) is 4.79 Å². The maximum Gasteiger partial charge on any atom is 0.226 e. The van der Waals surface area contributed by atoms with Gasteiger partial charge in [0.25, 0.3) is 0 Å². The molecule has 0 spiro atoms. The van der Waals surface area contributed by atoms with Crippen LogP contribution in [0.3, 0.4) is 0 Å². The molecule has 0 heterocycles. The molecule has 20 heavy (non-hydrogen) atoms. The zero-order valence-corrected chi connectivity index (χ0v) is 14.0. The maximum absolute atomic E-state index is 12.9. The van der Waals surface area contributed by atoms with Crippen molar-refractivity contribution < 1.29 is 4.79 Å². The van der Waals surface area contributed by atoms with Crippen LogP contribution >= 0.6 is 15.9 Å². The standard InChI is InChI=1S/C17H26BrNO/c1-16-5-11-4-12(6-16)8-17(7-11,10-16)15(20)19-9-14(18)13-2-3-13/h11-14H,2-10H2,1H3,(H,19,20). The van der Waals surface area contributed by atoms with E-state index in [1.807, 2.05) is 0 Å². The number of carbonyl (C=O) groups is 1. The Balaban J connectivity index is 1.45. The highest BCUT2D eigenvalue weighted by atomic mass is 79.9. The lowest BCUT2D eigenvalue weighted by Gasteiger charge is -2.60. The predicted molar refractivity (Wildman–Crippen MR) is 83.7 cm³/mol. The molecular formula is C17H26BrNO. The van der Waals surface area contributed by atoms with E-state index in [1.165, 1.54) is 44.9 Å². The number of alkyl halides is 1. The molecule has 0 radical (unpaired) electrons. The largest absolute Gasteiger partial charge is 0.354 e. The lowest BCUT2D eigenvalue weighted by molar-refractivity contribution is -0.155. The fourth-order valence-electron chi connectivity index (χ4n) is 5.99. The van der Waals surface area contributed by atoms with Crippen molar-refractivity contribution in [3.05, 3.63) is 0 Å². The van der Waals surface area contributed by atoms with Gasteiger partial charge >= 0.3 is 0 Å². The summed E-state index contributed by atoms with van der Waals surface area (Å²) < 4.78 is 0. The third-order valence-corrected chi connectivity index (χ3v) is 7.50. The summed E-state index contributed by atoms with van der Waals surface area (Å²) >= 11 is 3.74. The first-order chi connectivity index (χ1) is 9.48. The van der Waals surface area contributed by atoms with Gasteiger partial charge in [0.05, 0.1) is 5.41 Å². The number of rotatable bonds is 4. The summed E-state index contributed by atoms with van der Waals surface area (Å²) in [6.45, 7) is 3.27. The van der Waals surface area contributed by atoms with Gasteiger partial charge in [-0.2, -0.15) is 0 Å². The van der Waals surface area contributed by atoms with Gasteiger partial charge in [-0.05, 0) is 74.5 Å². The van der Waals surface area contributed by atoms with Crippen LogP contribution in [0, 0.1) is 28.6 Å². The third-order valence-electron chi connectivity index (χ3n) is 6.43. The molecule has 0 aliphatic heterocycles. The van der Waals surface area contributed by atoms with Crippen molar-refractivity contribution in [2.45, 2.75) is 63.1 Å². The molecule has 5 aliphatic carbocycles. The van der Waals surface area contributed by atoms with Crippen LogP contribution in [-0.2, 0) is 4.79 Å². The summed E-state index contributed by atoms with van der Waals surface area (Å²) in [5.41, 5.74) is 0.459. The summed E-state index contributed by atoms with van der Waals surface area (Å²) in [5, 5.41) is 3.29. The van der Waals surface area contributed by atoms with Crippen LogP contribution in [-0.4, -0.2) is 17.3 Å². The van der Waals surface area contributed by atoms with Crippen molar-refractivity contribution in [3.63, 3.8) is 0 Å². The van der Waals surface area contributed by atoms with Gasteiger partial charge in [0.1, 0.15) is 0 Å². The molecular weight excluding hydrogens is 314 g/mol. The van der Waals surface area contributed by atoms with Crippen LogP contribution in [0.4, 0.5) is 0 Å². The van der Waals surface area contributed by atoms with Gasteiger partial charge in [-0.25, -0.2) is 0 Å². The van der Waals surface area contributed by atoms with E-state index in [0.29, 0.717) is 16.1 Å². The lowest BCUT2D eigenvalue weighted by Crippen LogP contribution is -2.57. The molecule has 1 amide bonds. The van der Waals surface area contributed by atoms with E-state index in [0.717, 1.165) is 30.7 Å². The Morgan fingerprint density at radius 1 is 1.25 bits per heavy atom. The lowest BCUT2D eigenvalue weighted by atomic mass is 9.44. The van der Waals surface area contributed by atoms with Crippen LogP contribution in [0.2, 0.25) is 0 Å². The minimum absolute atomic E-state index is 0.00486. The first-order valence-corrected chi connectivity index (χ1v) is 9.32. The number of nitrogens with one attached hydrogen (secondary N) is 1. The van der Waals surface area contributed by atoms with E-state index in [1.54, 1.807) is 0 Å². The molecule has 5 aliphatic rings. The van der Waals surface area contributed by atoms with Crippen molar-refractivity contribution in [2.24, 2.45) is 28.6 Å². The number of hydrogen-bond donors (Lipinski definition) is 1. The van der Waals surface area contributed by atoms with Crippen molar-refractivity contribution in [1.29, 1.82) is 0 Å². The number of amides is 1. The first kappa shape index (κ1) is 13.6. The normalized spacial score (nSPS) is 47.3. The highest BCUT2D eigenvalue weighted by Gasteiger charge is 2.58. The van der Waals surface area contributed by atoms with Gasteiger partial charge in [0.15, 0.2) is 0 Å². The van der Waals surface area contributed by atoms with E-state index in [-0.39, 0.29) is 5.41 Å².